The Labute approximate surface area is 106 Å². The molecular formula is C15H16N2O. The molecule has 1 aromatic carbocycles. The Morgan fingerprint density at radius 1 is 1.33 bits per heavy atom. The maximum absolute atomic E-state index is 12.5. The first-order valence-corrected chi connectivity index (χ1v) is 6.37. The van der Waals surface area contributed by atoms with Gasteiger partial charge in [-0.1, -0.05) is 30.7 Å². The second kappa shape index (κ2) is 4.41. The Morgan fingerprint density at radius 2 is 2.11 bits per heavy atom. The van der Waals surface area contributed by atoms with E-state index in [1.54, 1.807) is 17.1 Å². The van der Waals surface area contributed by atoms with Crippen LogP contribution < -0.4 is 0 Å². The van der Waals surface area contributed by atoms with Gasteiger partial charge in [0, 0.05) is 12.6 Å². The fourth-order valence-electron chi connectivity index (χ4n) is 2.49. The van der Waals surface area contributed by atoms with Crippen LogP contribution in [0.4, 0.5) is 0 Å². The maximum Gasteiger partial charge on any atom is 0.211 e. The topological polar surface area (TPSA) is 34.9 Å². The van der Waals surface area contributed by atoms with E-state index in [0.717, 1.165) is 5.56 Å². The molecule has 2 aromatic rings. The van der Waals surface area contributed by atoms with Gasteiger partial charge in [-0.15, -0.1) is 0 Å². The van der Waals surface area contributed by atoms with Gasteiger partial charge >= 0.3 is 0 Å². The number of carbonyl (C=O) groups is 1. The number of aryl methyl sites for hydroxylation is 1. The molecule has 0 radical (unpaired) electrons. The van der Waals surface area contributed by atoms with Gasteiger partial charge in [0.2, 0.25) is 5.78 Å². The molecule has 1 fully saturated rings. The summed E-state index contributed by atoms with van der Waals surface area (Å²) in [6, 6.07) is 7.98. The van der Waals surface area contributed by atoms with E-state index in [4.69, 9.17) is 0 Å². The van der Waals surface area contributed by atoms with E-state index in [2.05, 4.69) is 11.1 Å². The molecule has 0 saturated heterocycles. The zero-order chi connectivity index (χ0) is 12.5. The quantitative estimate of drug-likeness (QED) is 0.773. The minimum absolute atomic E-state index is 0.0810. The number of nitrogens with zero attached hydrogens (tertiary/aromatic N) is 2. The fourth-order valence-corrected chi connectivity index (χ4v) is 2.49. The molecule has 1 saturated carbocycles. The summed E-state index contributed by atoms with van der Waals surface area (Å²) in [5.74, 6) is 0.649. The van der Waals surface area contributed by atoms with Crippen LogP contribution in [-0.2, 0) is 7.05 Å². The van der Waals surface area contributed by atoms with Gasteiger partial charge in [-0.05, 0) is 24.3 Å². The third kappa shape index (κ3) is 1.76. The van der Waals surface area contributed by atoms with E-state index >= 15 is 0 Å². The fraction of sp³-hybridized carbons (Fsp3) is 0.333. The van der Waals surface area contributed by atoms with Crippen LogP contribution in [0.25, 0.3) is 0 Å². The maximum atomic E-state index is 12.5. The molecule has 92 valence electrons. The largest absolute Gasteiger partial charge is 0.331 e. The molecule has 0 unspecified atom stereocenters. The van der Waals surface area contributed by atoms with Crippen molar-refractivity contribution in [2.45, 2.75) is 25.2 Å². The van der Waals surface area contributed by atoms with Crippen molar-refractivity contribution in [3.05, 3.63) is 53.6 Å². The van der Waals surface area contributed by atoms with E-state index in [1.165, 1.54) is 24.8 Å². The summed E-state index contributed by atoms with van der Waals surface area (Å²) < 4.78 is 1.78. The predicted molar refractivity (Wildman–Crippen MR) is 69.7 cm³/mol. The summed E-state index contributed by atoms with van der Waals surface area (Å²) in [4.78, 5) is 16.6. The lowest BCUT2D eigenvalue weighted by molar-refractivity contribution is 0.102. The molecule has 0 aliphatic heterocycles. The average Bonchev–Trinajstić information content (AvgIpc) is 2.73. The van der Waals surface area contributed by atoms with Crippen molar-refractivity contribution in [2.24, 2.45) is 7.05 Å². The molecule has 0 spiro atoms. The average molecular weight is 240 g/mol. The first kappa shape index (κ1) is 11.2. The van der Waals surface area contributed by atoms with Crippen LogP contribution >= 0.6 is 0 Å². The van der Waals surface area contributed by atoms with Gasteiger partial charge in [0.15, 0.2) is 0 Å². The summed E-state index contributed by atoms with van der Waals surface area (Å²) >= 11 is 0. The summed E-state index contributed by atoms with van der Waals surface area (Å²) in [5.41, 5.74) is 2.70. The Bertz CT molecular complexity index is 582. The highest BCUT2D eigenvalue weighted by Crippen LogP contribution is 2.38. The highest BCUT2D eigenvalue weighted by atomic mass is 16.1. The summed E-state index contributed by atoms with van der Waals surface area (Å²) in [7, 11) is 1.85. The Morgan fingerprint density at radius 3 is 2.72 bits per heavy atom. The number of rotatable bonds is 3. The third-order valence-electron chi connectivity index (χ3n) is 3.80. The van der Waals surface area contributed by atoms with E-state index in [1.807, 2.05) is 25.2 Å². The van der Waals surface area contributed by atoms with Crippen LogP contribution in [0.5, 0.6) is 0 Å². The molecule has 0 N–H and O–H groups in total. The number of hydrogen-bond donors (Lipinski definition) is 0. The predicted octanol–water partition coefficient (Wildman–Crippen LogP) is 2.92. The highest BCUT2D eigenvalue weighted by molar-refractivity contribution is 6.08. The SMILES string of the molecule is Cn1cncc1C(=O)c1ccccc1C1CCC1. The van der Waals surface area contributed by atoms with Crippen molar-refractivity contribution in [2.75, 3.05) is 0 Å². The van der Waals surface area contributed by atoms with Crippen LogP contribution in [0.1, 0.15) is 46.8 Å². The number of carbonyl (C=O) groups excluding carboxylic acids is 1. The molecule has 3 rings (SSSR count). The van der Waals surface area contributed by atoms with Gasteiger partial charge in [-0.25, -0.2) is 4.98 Å². The zero-order valence-electron chi connectivity index (χ0n) is 10.5. The Kier molecular flexibility index (Phi) is 2.74. The van der Waals surface area contributed by atoms with E-state index < -0.39 is 0 Å². The molecule has 1 aliphatic carbocycles. The summed E-state index contributed by atoms with van der Waals surface area (Å²) in [5, 5.41) is 0. The Balaban J connectivity index is 2.01. The van der Waals surface area contributed by atoms with Crippen LogP contribution in [-0.4, -0.2) is 15.3 Å². The standard InChI is InChI=1S/C15H16N2O/c1-17-10-16-9-14(17)15(18)13-8-3-2-7-12(13)11-5-4-6-11/h2-3,7-11H,4-6H2,1H3. The minimum atomic E-state index is 0.0810. The lowest BCUT2D eigenvalue weighted by Crippen LogP contribution is -2.15. The summed E-state index contributed by atoms with van der Waals surface area (Å²) in [6.07, 6.45) is 6.99. The number of benzene rings is 1. The number of ketones is 1. The van der Waals surface area contributed by atoms with Gasteiger partial charge in [0.05, 0.1) is 12.5 Å². The molecule has 1 aromatic heterocycles. The van der Waals surface area contributed by atoms with E-state index in [9.17, 15) is 4.79 Å². The van der Waals surface area contributed by atoms with Crippen molar-refractivity contribution in [1.29, 1.82) is 0 Å². The lowest BCUT2D eigenvalue weighted by atomic mass is 9.77. The first-order chi connectivity index (χ1) is 8.77. The molecule has 0 bridgehead atoms. The van der Waals surface area contributed by atoms with Crippen molar-refractivity contribution >= 4 is 5.78 Å². The van der Waals surface area contributed by atoms with Gasteiger partial charge < -0.3 is 4.57 Å². The molecule has 1 heterocycles. The normalized spacial score (nSPS) is 15.4. The van der Waals surface area contributed by atoms with Gasteiger partial charge in [-0.3, -0.25) is 4.79 Å². The molecule has 0 amide bonds. The summed E-state index contributed by atoms with van der Waals surface area (Å²) in [6.45, 7) is 0. The van der Waals surface area contributed by atoms with Crippen molar-refractivity contribution in [3.8, 4) is 0 Å². The Hall–Kier alpha value is -1.90. The zero-order valence-corrected chi connectivity index (χ0v) is 10.5. The van der Waals surface area contributed by atoms with Gasteiger partial charge in [-0.2, -0.15) is 0 Å². The van der Waals surface area contributed by atoms with Crippen LogP contribution in [0.15, 0.2) is 36.8 Å². The third-order valence-corrected chi connectivity index (χ3v) is 3.80. The van der Waals surface area contributed by atoms with E-state index in [-0.39, 0.29) is 5.78 Å². The van der Waals surface area contributed by atoms with E-state index in [0.29, 0.717) is 11.6 Å². The second-order valence-corrected chi connectivity index (χ2v) is 4.93. The monoisotopic (exact) mass is 240 g/mol. The molecular weight excluding hydrogens is 224 g/mol. The van der Waals surface area contributed by atoms with Crippen molar-refractivity contribution < 1.29 is 4.79 Å². The van der Waals surface area contributed by atoms with Crippen LogP contribution in [0.3, 0.4) is 0 Å². The minimum Gasteiger partial charge on any atom is -0.331 e. The second-order valence-electron chi connectivity index (χ2n) is 4.93. The molecule has 1 aliphatic rings. The molecule has 18 heavy (non-hydrogen) atoms. The van der Waals surface area contributed by atoms with Crippen LogP contribution in [0.2, 0.25) is 0 Å². The molecule has 3 nitrogen and oxygen atoms in total. The van der Waals surface area contributed by atoms with Gasteiger partial charge in [0.1, 0.15) is 5.69 Å². The van der Waals surface area contributed by atoms with Crippen molar-refractivity contribution in [1.82, 2.24) is 9.55 Å². The molecule has 0 atom stereocenters. The molecule has 3 heteroatoms. The lowest BCUT2D eigenvalue weighted by Gasteiger charge is -2.27. The highest BCUT2D eigenvalue weighted by Gasteiger charge is 2.25. The number of imidazole rings is 1. The number of hydrogen-bond acceptors (Lipinski definition) is 2. The van der Waals surface area contributed by atoms with Crippen LogP contribution in [0, 0.1) is 0 Å². The smallest absolute Gasteiger partial charge is 0.211 e. The van der Waals surface area contributed by atoms with Crippen molar-refractivity contribution in [3.63, 3.8) is 0 Å². The van der Waals surface area contributed by atoms with Gasteiger partial charge in [0.25, 0.3) is 0 Å². The number of aromatic nitrogens is 2. The first-order valence-electron chi connectivity index (χ1n) is 6.37.